The lowest BCUT2D eigenvalue weighted by Crippen LogP contribution is -2.10. The van der Waals surface area contributed by atoms with Gasteiger partial charge < -0.3 is 18.9 Å². The number of unbranched alkanes of at least 4 members (excludes halogenated alkanes) is 3. The first-order chi connectivity index (χ1) is 17.9. The summed E-state index contributed by atoms with van der Waals surface area (Å²) >= 11 is 0. The van der Waals surface area contributed by atoms with E-state index in [2.05, 4.69) is 0 Å². The van der Waals surface area contributed by atoms with Crippen LogP contribution < -0.4 is 14.2 Å². The van der Waals surface area contributed by atoms with Gasteiger partial charge in [-0.25, -0.2) is 9.59 Å². The van der Waals surface area contributed by atoms with Gasteiger partial charge in [-0.1, -0.05) is 24.6 Å². The van der Waals surface area contributed by atoms with E-state index in [9.17, 15) is 14.4 Å². The Balaban J connectivity index is 1.38. The van der Waals surface area contributed by atoms with Crippen LogP contribution in [0.15, 0.2) is 72.8 Å². The van der Waals surface area contributed by atoms with Crippen LogP contribution in [0.1, 0.15) is 65.3 Å². The molecule has 0 radical (unpaired) electrons. The van der Waals surface area contributed by atoms with Crippen molar-refractivity contribution in [3.8, 4) is 17.2 Å². The highest BCUT2D eigenvalue weighted by Crippen LogP contribution is 2.19. The number of ether oxygens (including phenoxy) is 4. The summed E-state index contributed by atoms with van der Waals surface area (Å²) in [5.74, 6) is 0.293. The molecular weight excluding hydrogens is 472 g/mol. The van der Waals surface area contributed by atoms with E-state index in [1.807, 2.05) is 19.1 Å². The molecule has 0 fully saturated rings. The minimum absolute atomic E-state index is 0.162. The summed E-state index contributed by atoms with van der Waals surface area (Å²) in [6.07, 6.45) is 4.10. The van der Waals surface area contributed by atoms with Gasteiger partial charge in [0.25, 0.3) is 0 Å². The molecule has 0 heterocycles. The van der Waals surface area contributed by atoms with Crippen LogP contribution in [0.25, 0.3) is 0 Å². The van der Waals surface area contributed by atoms with Crippen molar-refractivity contribution in [3.05, 3.63) is 89.5 Å². The van der Waals surface area contributed by atoms with Crippen molar-refractivity contribution in [2.75, 3.05) is 13.2 Å². The summed E-state index contributed by atoms with van der Waals surface area (Å²) in [6, 6.07) is 20.1. The van der Waals surface area contributed by atoms with Crippen molar-refractivity contribution in [2.45, 2.75) is 46.0 Å². The number of hydrogen-bond acceptors (Lipinski definition) is 7. The Morgan fingerprint density at radius 3 is 1.57 bits per heavy atom. The second kappa shape index (κ2) is 14.4. The van der Waals surface area contributed by atoms with Gasteiger partial charge in [0.1, 0.15) is 17.2 Å². The maximum absolute atomic E-state index is 12.5. The molecular formula is C30H32O7. The molecule has 3 aromatic carbocycles. The Bertz CT molecular complexity index is 1150. The predicted octanol–water partition coefficient (Wildman–Crippen LogP) is 6.33. The van der Waals surface area contributed by atoms with Crippen LogP contribution in [0.2, 0.25) is 0 Å². The molecule has 7 nitrogen and oxygen atoms in total. The second-order valence-electron chi connectivity index (χ2n) is 8.48. The summed E-state index contributed by atoms with van der Waals surface area (Å²) in [7, 11) is 0. The van der Waals surface area contributed by atoms with Gasteiger partial charge in [0.2, 0.25) is 0 Å². The normalized spacial score (nSPS) is 10.4. The van der Waals surface area contributed by atoms with E-state index < -0.39 is 11.9 Å². The molecule has 0 atom stereocenters. The highest BCUT2D eigenvalue weighted by molar-refractivity contribution is 5.92. The number of hydrogen-bond donors (Lipinski definition) is 0. The largest absolute Gasteiger partial charge is 0.494 e. The molecule has 3 aromatic rings. The first-order valence-electron chi connectivity index (χ1n) is 12.4. The van der Waals surface area contributed by atoms with Gasteiger partial charge in [0.15, 0.2) is 0 Å². The number of benzene rings is 3. The zero-order valence-electron chi connectivity index (χ0n) is 21.2. The van der Waals surface area contributed by atoms with Crippen LogP contribution in [-0.4, -0.2) is 31.1 Å². The number of aryl methyl sites for hydroxylation is 1. The highest BCUT2D eigenvalue weighted by atomic mass is 16.5. The Hall–Kier alpha value is -4.13. The van der Waals surface area contributed by atoms with Gasteiger partial charge in [-0.05, 0) is 93.3 Å². The van der Waals surface area contributed by atoms with Crippen molar-refractivity contribution >= 4 is 17.9 Å². The van der Waals surface area contributed by atoms with Crippen LogP contribution in [0.3, 0.4) is 0 Å². The molecule has 0 saturated carbocycles. The quantitative estimate of drug-likeness (QED) is 0.153. The minimum atomic E-state index is -0.509. The first kappa shape index (κ1) is 27.5. The molecule has 0 amide bonds. The van der Waals surface area contributed by atoms with E-state index in [1.165, 1.54) is 0 Å². The zero-order chi connectivity index (χ0) is 26.5. The van der Waals surface area contributed by atoms with E-state index in [4.69, 9.17) is 18.9 Å². The van der Waals surface area contributed by atoms with Gasteiger partial charge >= 0.3 is 17.9 Å². The summed E-state index contributed by atoms with van der Waals surface area (Å²) in [5.41, 5.74) is 1.81. The van der Waals surface area contributed by atoms with Crippen LogP contribution in [0, 0.1) is 6.92 Å². The molecule has 0 unspecified atom stereocenters. The van der Waals surface area contributed by atoms with Crippen molar-refractivity contribution in [2.24, 2.45) is 0 Å². The molecule has 0 aliphatic carbocycles. The average Bonchev–Trinajstić information content (AvgIpc) is 2.92. The minimum Gasteiger partial charge on any atom is -0.494 e. The monoisotopic (exact) mass is 504 g/mol. The lowest BCUT2D eigenvalue weighted by atomic mass is 10.2. The fraction of sp³-hybridized carbons (Fsp3) is 0.300. The Kier molecular flexibility index (Phi) is 10.7. The second-order valence-corrected chi connectivity index (χ2v) is 8.48. The molecule has 0 spiro atoms. The predicted molar refractivity (Wildman–Crippen MR) is 139 cm³/mol. The third kappa shape index (κ3) is 9.44. The number of carbonyl (C=O) groups is 3. The van der Waals surface area contributed by atoms with Crippen molar-refractivity contribution in [1.82, 2.24) is 0 Å². The lowest BCUT2D eigenvalue weighted by molar-refractivity contribution is -0.143. The SMILES string of the molecule is CCC(=O)OCCCCCCOc1ccc(C(=O)Oc2ccc(C(=O)Oc3ccc(C)cc3)cc2)cc1. The molecule has 0 aromatic heterocycles. The molecule has 194 valence electrons. The zero-order valence-corrected chi connectivity index (χ0v) is 21.2. The summed E-state index contributed by atoms with van der Waals surface area (Å²) in [5, 5.41) is 0. The van der Waals surface area contributed by atoms with E-state index in [1.54, 1.807) is 67.6 Å². The van der Waals surface area contributed by atoms with Crippen LogP contribution in [0.5, 0.6) is 17.2 Å². The topological polar surface area (TPSA) is 88.1 Å². The Morgan fingerprint density at radius 2 is 1.05 bits per heavy atom. The molecule has 0 aliphatic heterocycles. The van der Waals surface area contributed by atoms with E-state index >= 15 is 0 Å². The van der Waals surface area contributed by atoms with Crippen LogP contribution in [0.4, 0.5) is 0 Å². The molecule has 0 saturated heterocycles. The smallest absolute Gasteiger partial charge is 0.343 e. The van der Waals surface area contributed by atoms with Crippen molar-refractivity contribution in [1.29, 1.82) is 0 Å². The highest BCUT2D eigenvalue weighted by Gasteiger charge is 2.12. The molecule has 0 N–H and O–H groups in total. The Morgan fingerprint density at radius 1 is 0.595 bits per heavy atom. The first-order valence-corrected chi connectivity index (χ1v) is 12.4. The van der Waals surface area contributed by atoms with Gasteiger partial charge in [0, 0.05) is 6.42 Å². The van der Waals surface area contributed by atoms with E-state index in [0.717, 1.165) is 31.2 Å². The molecule has 37 heavy (non-hydrogen) atoms. The fourth-order valence-corrected chi connectivity index (χ4v) is 3.32. The summed E-state index contributed by atoms with van der Waals surface area (Å²) < 4.78 is 21.5. The van der Waals surface area contributed by atoms with Crippen LogP contribution in [-0.2, 0) is 9.53 Å². The maximum Gasteiger partial charge on any atom is 0.343 e. The number of esters is 3. The lowest BCUT2D eigenvalue weighted by Gasteiger charge is -2.08. The average molecular weight is 505 g/mol. The Labute approximate surface area is 217 Å². The third-order valence-electron chi connectivity index (χ3n) is 5.48. The third-order valence-corrected chi connectivity index (χ3v) is 5.48. The van der Waals surface area contributed by atoms with Gasteiger partial charge in [-0.2, -0.15) is 0 Å². The molecule has 0 bridgehead atoms. The van der Waals surface area contributed by atoms with Gasteiger partial charge in [0.05, 0.1) is 24.3 Å². The molecule has 7 heteroatoms. The van der Waals surface area contributed by atoms with Gasteiger partial charge in [-0.3, -0.25) is 4.79 Å². The molecule has 3 rings (SSSR count). The van der Waals surface area contributed by atoms with E-state index in [0.29, 0.717) is 48.0 Å². The van der Waals surface area contributed by atoms with Crippen molar-refractivity contribution < 1.29 is 33.3 Å². The van der Waals surface area contributed by atoms with Crippen LogP contribution >= 0.6 is 0 Å². The van der Waals surface area contributed by atoms with E-state index in [-0.39, 0.29) is 5.97 Å². The fourth-order valence-electron chi connectivity index (χ4n) is 3.32. The standard InChI is InChI=1S/C30H32O7/c1-3-28(31)35-21-7-5-4-6-20-34-25-16-10-23(11-17-25)29(32)37-27-18-12-24(13-19-27)30(33)36-26-14-8-22(2)9-15-26/h8-19H,3-7,20-21H2,1-2H3. The number of carbonyl (C=O) groups excluding carboxylic acids is 3. The summed E-state index contributed by atoms with van der Waals surface area (Å²) in [4.78, 5) is 35.9. The maximum atomic E-state index is 12.5. The summed E-state index contributed by atoms with van der Waals surface area (Å²) in [6.45, 7) is 4.77. The number of rotatable bonds is 13. The van der Waals surface area contributed by atoms with Crippen molar-refractivity contribution in [3.63, 3.8) is 0 Å². The molecule has 0 aliphatic rings. The van der Waals surface area contributed by atoms with Gasteiger partial charge in [-0.15, -0.1) is 0 Å².